The van der Waals surface area contributed by atoms with Gasteiger partial charge in [0.05, 0.1) is 11.6 Å². The molecule has 1 aromatic heterocycles. The van der Waals surface area contributed by atoms with Crippen LogP contribution in [-0.2, 0) is 10.0 Å². The molecule has 0 radical (unpaired) electrons. The standard InChI is InChI=1S/C17H18Cl2N2O3S/c1-11-3-4-17(20-9-11)24-13-5-6-21(10-13)25(22,23)16-7-12(2)14(18)8-15(16)19/h3-4,7-9,13H,5-6,10H2,1-2H3. The molecule has 0 saturated carbocycles. The van der Waals surface area contributed by atoms with Gasteiger partial charge in [-0.05, 0) is 43.5 Å². The topological polar surface area (TPSA) is 59.5 Å². The number of hydrogen-bond donors (Lipinski definition) is 0. The molecule has 134 valence electrons. The summed E-state index contributed by atoms with van der Waals surface area (Å²) in [7, 11) is -3.70. The minimum Gasteiger partial charge on any atom is -0.473 e. The van der Waals surface area contributed by atoms with Crippen molar-refractivity contribution in [2.75, 3.05) is 13.1 Å². The lowest BCUT2D eigenvalue weighted by molar-refractivity contribution is 0.207. The Balaban J connectivity index is 1.76. The van der Waals surface area contributed by atoms with Gasteiger partial charge in [0.1, 0.15) is 11.0 Å². The van der Waals surface area contributed by atoms with E-state index in [9.17, 15) is 8.42 Å². The van der Waals surface area contributed by atoms with Crippen molar-refractivity contribution < 1.29 is 13.2 Å². The second-order valence-electron chi connectivity index (χ2n) is 6.10. The molecule has 25 heavy (non-hydrogen) atoms. The van der Waals surface area contributed by atoms with E-state index < -0.39 is 10.0 Å². The highest BCUT2D eigenvalue weighted by Gasteiger charge is 2.35. The largest absolute Gasteiger partial charge is 0.473 e. The highest BCUT2D eigenvalue weighted by Crippen LogP contribution is 2.32. The molecule has 3 rings (SSSR count). The van der Waals surface area contributed by atoms with Crippen LogP contribution in [0.2, 0.25) is 10.0 Å². The van der Waals surface area contributed by atoms with Gasteiger partial charge in [0.15, 0.2) is 0 Å². The van der Waals surface area contributed by atoms with Crippen molar-refractivity contribution >= 4 is 33.2 Å². The number of nitrogens with zero attached hydrogens (tertiary/aromatic N) is 2. The first-order valence-electron chi connectivity index (χ1n) is 7.82. The molecular formula is C17H18Cl2N2O3S. The van der Waals surface area contributed by atoms with Crippen molar-refractivity contribution in [3.8, 4) is 5.88 Å². The van der Waals surface area contributed by atoms with Crippen LogP contribution < -0.4 is 4.74 Å². The van der Waals surface area contributed by atoms with Gasteiger partial charge in [-0.25, -0.2) is 13.4 Å². The van der Waals surface area contributed by atoms with Gasteiger partial charge >= 0.3 is 0 Å². The van der Waals surface area contributed by atoms with E-state index in [4.69, 9.17) is 27.9 Å². The SMILES string of the molecule is Cc1ccc(OC2CCN(S(=O)(=O)c3cc(C)c(Cl)cc3Cl)C2)nc1. The molecule has 0 spiro atoms. The highest BCUT2D eigenvalue weighted by atomic mass is 35.5. The molecule has 0 N–H and O–H groups in total. The van der Waals surface area contributed by atoms with Crippen LogP contribution in [0.5, 0.6) is 5.88 Å². The van der Waals surface area contributed by atoms with Gasteiger partial charge in [-0.1, -0.05) is 29.3 Å². The monoisotopic (exact) mass is 400 g/mol. The smallest absolute Gasteiger partial charge is 0.244 e. The summed E-state index contributed by atoms with van der Waals surface area (Å²) in [6.07, 6.45) is 2.07. The lowest BCUT2D eigenvalue weighted by Crippen LogP contribution is -2.31. The van der Waals surface area contributed by atoms with Gasteiger partial charge in [-0.3, -0.25) is 0 Å². The average Bonchev–Trinajstić information content (AvgIpc) is 3.02. The number of rotatable bonds is 4. The van der Waals surface area contributed by atoms with E-state index in [0.29, 0.717) is 29.4 Å². The molecule has 5 nitrogen and oxygen atoms in total. The van der Waals surface area contributed by atoms with Crippen molar-refractivity contribution in [2.45, 2.75) is 31.3 Å². The minimum atomic E-state index is -3.70. The number of hydrogen-bond acceptors (Lipinski definition) is 4. The first-order chi connectivity index (χ1) is 11.8. The summed E-state index contributed by atoms with van der Waals surface area (Å²) in [5.74, 6) is 0.496. The van der Waals surface area contributed by atoms with Gasteiger partial charge in [-0.2, -0.15) is 4.31 Å². The number of aryl methyl sites for hydroxylation is 2. The molecule has 0 amide bonds. The number of ether oxygens (including phenoxy) is 1. The molecule has 2 aromatic rings. The highest BCUT2D eigenvalue weighted by molar-refractivity contribution is 7.89. The normalized spacial score (nSPS) is 18.5. The Kier molecular flexibility index (Phi) is 5.25. The van der Waals surface area contributed by atoms with Gasteiger partial charge < -0.3 is 4.74 Å². The van der Waals surface area contributed by atoms with Gasteiger partial charge in [0.2, 0.25) is 15.9 Å². The van der Waals surface area contributed by atoms with Crippen LogP contribution in [0, 0.1) is 13.8 Å². The lowest BCUT2D eigenvalue weighted by Gasteiger charge is -2.18. The summed E-state index contributed by atoms with van der Waals surface area (Å²) in [6, 6.07) is 6.66. The average molecular weight is 401 g/mol. The van der Waals surface area contributed by atoms with Crippen molar-refractivity contribution in [3.05, 3.63) is 51.6 Å². The molecule has 0 aliphatic carbocycles. The molecular weight excluding hydrogens is 383 g/mol. The number of pyridine rings is 1. The molecule has 1 aromatic carbocycles. The van der Waals surface area contributed by atoms with Crippen LogP contribution in [-0.4, -0.2) is 36.9 Å². The summed E-state index contributed by atoms with van der Waals surface area (Å²) in [5, 5.41) is 0.567. The molecule has 1 aliphatic heterocycles. The van der Waals surface area contributed by atoms with E-state index in [1.54, 1.807) is 19.2 Å². The second kappa shape index (κ2) is 7.11. The number of halogens is 2. The van der Waals surface area contributed by atoms with Crippen LogP contribution in [0.4, 0.5) is 0 Å². The Bertz CT molecular complexity index is 886. The summed E-state index contributed by atoms with van der Waals surface area (Å²) in [5.41, 5.74) is 1.70. The fraction of sp³-hybridized carbons (Fsp3) is 0.353. The van der Waals surface area contributed by atoms with Gasteiger partial charge in [0.25, 0.3) is 0 Å². The maximum absolute atomic E-state index is 12.9. The molecule has 1 fully saturated rings. The Hall–Kier alpha value is -1.34. The van der Waals surface area contributed by atoms with Crippen molar-refractivity contribution in [3.63, 3.8) is 0 Å². The molecule has 0 bridgehead atoms. The zero-order valence-electron chi connectivity index (χ0n) is 13.9. The van der Waals surface area contributed by atoms with Crippen molar-refractivity contribution in [2.24, 2.45) is 0 Å². The van der Waals surface area contributed by atoms with Crippen molar-refractivity contribution in [1.29, 1.82) is 0 Å². The van der Waals surface area contributed by atoms with Crippen LogP contribution in [0.3, 0.4) is 0 Å². The Labute approximate surface area is 157 Å². The Morgan fingerprint density at radius 1 is 1.20 bits per heavy atom. The maximum Gasteiger partial charge on any atom is 0.244 e. The summed E-state index contributed by atoms with van der Waals surface area (Å²) >= 11 is 12.1. The number of sulfonamides is 1. The van der Waals surface area contributed by atoms with E-state index in [1.165, 1.54) is 16.4 Å². The predicted molar refractivity (Wildman–Crippen MR) is 98.0 cm³/mol. The zero-order valence-corrected chi connectivity index (χ0v) is 16.2. The summed E-state index contributed by atoms with van der Waals surface area (Å²) < 4.78 is 33.0. The van der Waals surface area contributed by atoms with E-state index >= 15 is 0 Å². The van der Waals surface area contributed by atoms with E-state index in [0.717, 1.165) is 5.56 Å². The first kappa shape index (κ1) is 18.5. The molecule has 1 unspecified atom stereocenters. The summed E-state index contributed by atoms with van der Waals surface area (Å²) in [4.78, 5) is 4.27. The summed E-state index contributed by atoms with van der Waals surface area (Å²) in [6.45, 7) is 4.32. The predicted octanol–water partition coefficient (Wildman–Crippen LogP) is 3.85. The third-order valence-electron chi connectivity index (χ3n) is 4.11. The van der Waals surface area contributed by atoms with E-state index in [1.807, 2.05) is 13.0 Å². The molecule has 1 aliphatic rings. The number of benzene rings is 1. The fourth-order valence-corrected chi connectivity index (χ4v) is 4.97. The van der Waals surface area contributed by atoms with Gasteiger partial charge in [0, 0.05) is 23.8 Å². The zero-order chi connectivity index (χ0) is 18.2. The third kappa shape index (κ3) is 3.92. The van der Waals surface area contributed by atoms with E-state index in [2.05, 4.69) is 4.98 Å². The van der Waals surface area contributed by atoms with Crippen LogP contribution in [0.1, 0.15) is 17.5 Å². The molecule has 1 saturated heterocycles. The molecule has 8 heteroatoms. The van der Waals surface area contributed by atoms with Crippen LogP contribution in [0.25, 0.3) is 0 Å². The number of aromatic nitrogens is 1. The van der Waals surface area contributed by atoms with Crippen LogP contribution in [0.15, 0.2) is 35.4 Å². The Morgan fingerprint density at radius 2 is 1.96 bits per heavy atom. The van der Waals surface area contributed by atoms with Crippen LogP contribution >= 0.6 is 23.2 Å². The first-order valence-corrected chi connectivity index (χ1v) is 10.0. The maximum atomic E-state index is 12.9. The van der Waals surface area contributed by atoms with Gasteiger partial charge in [-0.15, -0.1) is 0 Å². The van der Waals surface area contributed by atoms with E-state index in [-0.39, 0.29) is 22.6 Å². The quantitative estimate of drug-likeness (QED) is 0.781. The lowest BCUT2D eigenvalue weighted by atomic mass is 10.2. The second-order valence-corrected chi connectivity index (χ2v) is 8.82. The van der Waals surface area contributed by atoms with Crippen molar-refractivity contribution in [1.82, 2.24) is 9.29 Å². The fourth-order valence-electron chi connectivity index (χ4n) is 2.67. The third-order valence-corrected chi connectivity index (χ3v) is 6.85. The Morgan fingerprint density at radius 3 is 2.64 bits per heavy atom. The molecule has 2 heterocycles. The molecule has 1 atom stereocenters. The minimum absolute atomic E-state index is 0.0742.